The monoisotopic (exact) mass is 372 g/mol. The first-order valence-corrected chi connectivity index (χ1v) is 8.19. The lowest BCUT2D eigenvalue weighted by atomic mass is 9.54. The number of methoxy groups -OCH3 is 1. The van der Waals surface area contributed by atoms with Crippen molar-refractivity contribution in [2.75, 3.05) is 20.8 Å². The second kappa shape index (κ2) is 7.81. The number of likely N-dealkylation sites (N-methyl/N-ethyl adjacent to an activating group) is 1. The Bertz CT molecular complexity index is 623. The average molecular weight is 373 g/mol. The summed E-state index contributed by atoms with van der Waals surface area (Å²) in [6.45, 7) is 6.91. The highest BCUT2D eigenvalue weighted by molar-refractivity contribution is 5.88. The molecule has 1 fully saturated rings. The predicted octanol–water partition coefficient (Wildman–Crippen LogP) is 2.31. The zero-order valence-electron chi connectivity index (χ0n) is 15.5. The van der Waals surface area contributed by atoms with Crippen LogP contribution in [0.4, 0.5) is 0 Å². The number of phenolic OH excluding ortho intramolecular Hbond substituents is 1. The summed E-state index contributed by atoms with van der Waals surface area (Å²) in [7, 11) is 3.23. The minimum Gasteiger partial charge on any atom is -0.504 e. The number of rotatable bonds is 6. The SMILES string of the molecule is CCOC1CC(N)(C(=O)N(C)Cc2ccc(O)c(OC)c2)C1(C)C.Cl. The molecule has 1 aromatic carbocycles. The van der Waals surface area contributed by atoms with Crippen LogP contribution in [0, 0.1) is 5.41 Å². The van der Waals surface area contributed by atoms with Gasteiger partial charge in [0.2, 0.25) is 5.91 Å². The van der Waals surface area contributed by atoms with Gasteiger partial charge >= 0.3 is 0 Å². The van der Waals surface area contributed by atoms with E-state index < -0.39 is 11.0 Å². The molecule has 0 saturated heterocycles. The van der Waals surface area contributed by atoms with E-state index in [4.69, 9.17) is 15.2 Å². The molecule has 1 amide bonds. The highest BCUT2D eigenvalue weighted by Gasteiger charge is 2.63. The molecule has 6 nitrogen and oxygen atoms in total. The van der Waals surface area contributed by atoms with Crippen LogP contribution in [0.2, 0.25) is 0 Å². The minimum atomic E-state index is -0.928. The number of carbonyl (C=O) groups excluding carboxylic acids is 1. The zero-order chi connectivity index (χ0) is 18.1. The van der Waals surface area contributed by atoms with Crippen molar-refractivity contribution in [1.29, 1.82) is 0 Å². The molecule has 0 aromatic heterocycles. The highest BCUT2D eigenvalue weighted by Crippen LogP contribution is 2.50. The van der Waals surface area contributed by atoms with E-state index in [-0.39, 0.29) is 30.2 Å². The molecule has 2 atom stereocenters. The number of amides is 1. The van der Waals surface area contributed by atoms with Crippen molar-refractivity contribution in [2.45, 2.75) is 45.4 Å². The molecule has 1 aromatic rings. The van der Waals surface area contributed by atoms with Gasteiger partial charge in [-0.2, -0.15) is 0 Å². The van der Waals surface area contributed by atoms with E-state index in [9.17, 15) is 9.90 Å². The third-order valence-electron chi connectivity index (χ3n) is 5.22. The number of halogens is 1. The van der Waals surface area contributed by atoms with Crippen molar-refractivity contribution in [3.05, 3.63) is 23.8 Å². The van der Waals surface area contributed by atoms with Gasteiger partial charge in [0.25, 0.3) is 0 Å². The maximum Gasteiger partial charge on any atom is 0.243 e. The summed E-state index contributed by atoms with van der Waals surface area (Å²) in [5.74, 6) is 0.358. The Morgan fingerprint density at radius 3 is 2.60 bits per heavy atom. The highest BCUT2D eigenvalue weighted by atomic mass is 35.5. The molecule has 1 saturated carbocycles. The molecule has 0 bridgehead atoms. The predicted molar refractivity (Wildman–Crippen MR) is 99.1 cm³/mol. The maximum atomic E-state index is 12.9. The molecule has 0 heterocycles. The van der Waals surface area contributed by atoms with Gasteiger partial charge < -0.3 is 25.2 Å². The first kappa shape index (κ1) is 21.5. The first-order chi connectivity index (χ1) is 11.2. The third-order valence-corrected chi connectivity index (χ3v) is 5.22. The van der Waals surface area contributed by atoms with Gasteiger partial charge in [0.15, 0.2) is 11.5 Å². The normalized spacial score (nSPS) is 24.0. The fraction of sp³-hybridized carbons (Fsp3) is 0.611. The fourth-order valence-corrected chi connectivity index (χ4v) is 3.30. The van der Waals surface area contributed by atoms with Gasteiger partial charge in [-0.05, 0) is 24.6 Å². The van der Waals surface area contributed by atoms with Crippen LogP contribution in [0.3, 0.4) is 0 Å². The summed E-state index contributed by atoms with van der Waals surface area (Å²) < 4.78 is 10.8. The van der Waals surface area contributed by atoms with Crippen LogP contribution in [0.1, 0.15) is 32.8 Å². The topological polar surface area (TPSA) is 85.0 Å². The Labute approximate surface area is 155 Å². The lowest BCUT2D eigenvalue weighted by Gasteiger charge is -2.58. The number of hydrogen-bond donors (Lipinski definition) is 2. The molecule has 25 heavy (non-hydrogen) atoms. The number of benzene rings is 1. The zero-order valence-corrected chi connectivity index (χ0v) is 16.4. The Morgan fingerprint density at radius 1 is 1.44 bits per heavy atom. The first-order valence-electron chi connectivity index (χ1n) is 8.19. The van der Waals surface area contributed by atoms with Crippen LogP contribution in [0.15, 0.2) is 18.2 Å². The summed E-state index contributed by atoms with van der Waals surface area (Å²) in [6, 6.07) is 5.04. The summed E-state index contributed by atoms with van der Waals surface area (Å²) in [4.78, 5) is 14.5. The van der Waals surface area contributed by atoms with E-state index in [0.717, 1.165) is 5.56 Å². The van der Waals surface area contributed by atoms with Crippen molar-refractivity contribution >= 4 is 18.3 Å². The maximum absolute atomic E-state index is 12.9. The van der Waals surface area contributed by atoms with E-state index >= 15 is 0 Å². The van der Waals surface area contributed by atoms with Gasteiger partial charge in [0, 0.05) is 32.0 Å². The molecular weight excluding hydrogens is 344 g/mol. The van der Waals surface area contributed by atoms with Crippen molar-refractivity contribution in [2.24, 2.45) is 11.1 Å². The van der Waals surface area contributed by atoms with Crippen molar-refractivity contribution < 1.29 is 19.4 Å². The molecule has 1 aliphatic rings. The van der Waals surface area contributed by atoms with Gasteiger partial charge in [-0.1, -0.05) is 19.9 Å². The minimum absolute atomic E-state index is 0. The Morgan fingerprint density at radius 2 is 2.08 bits per heavy atom. The van der Waals surface area contributed by atoms with E-state index in [1.54, 1.807) is 30.1 Å². The summed E-state index contributed by atoms with van der Waals surface area (Å²) in [6.07, 6.45) is 0.522. The van der Waals surface area contributed by atoms with Crippen molar-refractivity contribution in [3.63, 3.8) is 0 Å². The molecule has 2 rings (SSSR count). The quantitative estimate of drug-likeness (QED) is 0.800. The third kappa shape index (κ3) is 3.71. The standard InChI is InChI=1S/C18H28N2O4.ClH/c1-6-24-15-10-18(19,17(15,2)3)16(22)20(4)11-12-7-8-13(21)14(9-12)23-5;/h7-9,15,21H,6,10-11,19H2,1-5H3;1H. The van der Waals surface area contributed by atoms with Gasteiger partial charge in [0.05, 0.1) is 13.2 Å². The second-order valence-corrected chi connectivity index (χ2v) is 7.01. The van der Waals surface area contributed by atoms with Crippen molar-refractivity contribution in [3.8, 4) is 11.5 Å². The van der Waals surface area contributed by atoms with Crippen molar-refractivity contribution in [1.82, 2.24) is 4.90 Å². The van der Waals surface area contributed by atoms with E-state index in [1.807, 2.05) is 20.8 Å². The van der Waals surface area contributed by atoms with Crippen LogP contribution < -0.4 is 10.5 Å². The number of hydrogen-bond acceptors (Lipinski definition) is 5. The smallest absolute Gasteiger partial charge is 0.243 e. The molecular formula is C18H29ClN2O4. The molecule has 7 heteroatoms. The van der Waals surface area contributed by atoms with Gasteiger partial charge in [-0.3, -0.25) is 4.79 Å². The molecule has 1 aliphatic carbocycles. The van der Waals surface area contributed by atoms with Crippen LogP contribution in [0.5, 0.6) is 11.5 Å². The number of ether oxygens (including phenoxy) is 2. The molecule has 2 unspecified atom stereocenters. The number of phenols is 1. The Hall–Kier alpha value is -1.50. The largest absolute Gasteiger partial charge is 0.504 e. The van der Waals surface area contributed by atoms with E-state index in [0.29, 0.717) is 25.3 Å². The van der Waals surface area contributed by atoms with Gasteiger partial charge in [-0.25, -0.2) is 0 Å². The van der Waals surface area contributed by atoms with Gasteiger partial charge in [0.1, 0.15) is 5.54 Å². The lowest BCUT2D eigenvalue weighted by Crippen LogP contribution is -2.75. The van der Waals surface area contributed by atoms with E-state index in [2.05, 4.69) is 0 Å². The van der Waals surface area contributed by atoms with Crippen LogP contribution in [0.25, 0.3) is 0 Å². The molecule has 0 radical (unpaired) electrons. The summed E-state index contributed by atoms with van der Waals surface area (Å²) in [5, 5.41) is 9.66. The Kier molecular flexibility index (Phi) is 6.73. The summed E-state index contributed by atoms with van der Waals surface area (Å²) >= 11 is 0. The molecule has 0 aliphatic heterocycles. The lowest BCUT2D eigenvalue weighted by molar-refractivity contribution is -0.178. The van der Waals surface area contributed by atoms with Gasteiger partial charge in [-0.15, -0.1) is 12.4 Å². The molecule has 3 N–H and O–H groups in total. The molecule has 142 valence electrons. The Balaban J connectivity index is 0.00000312. The number of nitrogens with two attached hydrogens (primary N) is 1. The number of aromatic hydroxyl groups is 1. The molecule has 0 spiro atoms. The van der Waals surface area contributed by atoms with Crippen LogP contribution in [-0.2, 0) is 16.1 Å². The number of nitrogens with zero attached hydrogens (tertiary/aromatic N) is 1. The summed E-state index contributed by atoms with van der Waals surface area (Å²) in [5.41, 5.74) is 5.96. The number of carbonyl (C=O) groups is 1. The average Bonchev–Trinajstić information content (AvgIpc) is 2.55. The van der Waals surface area contributed by atoms with E-state index in [1.165, 1.54) is 7.11 Å². The second-order valence-electron chi connectivity index (χ2n) is 7.01. The van der Waals surface area contributed by atoms with Crippen LogP contribution in [-0.4, -0.2) is 48.3 Å². The van der Waals surface area contributed by atoms with Crippen LogP contribution >= 0.6 is 12.4 Å². The fourth-order valence-electron chi connectivity index (χ4n) is 3.30.